The molecule has 0 N–H and O–H groups in total. The van der Waals surface area contributed by atoms with Crippen molar-refractivity contribution >= 4 is 65.0 Å². The molecule has 0 aliphatic rings. The largest absolute Gasteiger partial charge is 0.455 e. The van der Waals surface area contributed by atoms with Crippen LogP contribution >= 0.6 is 0 Å². The molecular weight excluding hydrogens is 641 g/mol. The van der Waals surface area contributed by atoms with Crippen LogP contribution in [0.15, 0.2) is 199 Å². The maximum atomic E-state index is 7.54. The Balaban J connectivity index is 1.34. The molecule has 0 fully saturated rings. The van der Waals surface area contributed by atoms with Crippen LogP contribution in [0.2, 0.25) is 0 Å². The molecule has 1 heteroatoms. The van der Waals surface area contributed by atoms with Gasteiger partial charge in [0.2, 0.25) is 0 Å². The first kappa shape index (κ1) is 29.7. The molecule has 0 saturated carbocycles. The fraction of sp³-hybridized carbons (Fsp3) is 0. The Kier molecular flexibility index (Phi) is 6.62. The summed E-state index contributed by atoms with van der Waals surface area (Å²) in [5.74, 6) is 0. The Morgan fingerprint density at radius 3 is 1.09 bits per heavy atom. The molecule has 0 aliphatic heterocycles. The van der Waals surface area contributed by atoms with Crippen LogP contribution in [0, 0.1) is 0 Å². The second-order valence-electron chi connectivity index (χ2n) is 14.0. The lowest BCUT2D eigenvalue weighted by Crippen LogP contribution is -1.88. The van der Waals surface area contributed by atoms with Crippen LogP contribution in [-0.4, -0.2) is 0 Å². The second kappa shape index (κ2) is 11.8. The lowest BCUT2D eigenvalue weighted by molar-refractivity contribution is 0.666. The molecular formula is C52H32O. The lowest BCUT2D eigenvalue weighted by Gasteiger charge is -2.15. The maximum Gasteiger partial charge on any atom is 0.143 e. The van der Waals surface area contributed by atoms with E-state index in [4.69, 9.17) is 4.42 Å². The third-order valence-electron chi connectivity index (χ3n) is 11.0. The van der Waals surface area contributed by atoms with Crippen molar-refractivity contribution in [1.82, 2.24) is 0 Å². The van der Waals surface area contributed by atoms with Crippen LogP contribution in [0.5, 0.6) is 0 Å². The molecule has 0 radical (unpaired) electrons. The van der Waals surface area contributed by atoms with E-state index in [1.807, 2.05) is 0 Å². The highest BCUT2D eigenvalue weighted by atomic mass is 16.3. The zero-order valence-corrected chi connectivity index (χ0v) is 28.9. The minimum atomic E-state index is 0.888. The number of rotatable bonds is 4. The molecule has 11 rings (SSSR count). The third kappa shape index (κ3) is 4.71. The average Bonchev–Trinajstić information content (AvgIpc) is 3.38. The summed E-state index contributed by atoms with van der Waals surface area (Å²) in [6.07, 6.45) is 0. The predicted octanol–water partition coefficient (Wildman–Crippen LogP) is 14.9. The number of hydrogen-bond donors (Lipinski definition) is 0. The molecule has 0 saturated heterocycles. The average molecular weight is 673 g/mol. The van der Waals surface area contributed by atoms with Crippen molar-refractivity contribution in [2.75, 3.05) is 0 Å². The van der Waals surface area contributed by atoms with E-state index in [0.29, 0.717) is 0 Å². The van der Waals surface area contributed by atoms with Gasteiger partial charge < -0.3 is 4.42 Å². The van der Waals surface area contributed by atoms with Crippen LogP contribution in [0.1, 0.15) is 0 Å². The summed E-state index contributed by atoms with van der Waals surface area (Å²) in [7, 11) is 0. The highest BCUT2D eigenvalue weighted by Gasteiger charge is 2.22. The highest BCUT2D eigenvalue weighted by Crippen LogP contribution is 2.48. The van der Waals surface area contributed by atoms with Gasteiger partial charge in [-0.15, -0.1) is 0 Å². The number of benzene rings is 10. The van der Waals surface area contributed by atoms with E-state index in [1.54, 1.807) is 0 Å². The van der Waals surface area contributed by atoms with Gasteiger partial charge in [0, 0.05) is 21.9 Å². The van der Waals surface area contributed by atoms with E-state index >= 15 is 0 Å². The van der Waals surface area contributed by atoms with Gasteiger partial charge in [-0.1, -0.05) is 170 Å². The molecule has 0 unspecified atom stereocenters. The molecule has 0 bridgehead atoms. The molecule has 0 spiro atoms. The summed E-state index contributed by atoms with van der Waals surface area (Å²) >= 11 is 0. The molecule has 1 nitrogen and oxygen atoms in total. The molecule has 0 aliphatic carbocycles. The van der Waals surface area contributed by atoms with Gasteiger partial charge in [0.1, 0.15) is 11.2 Å². The minimum absolute atomic E-state index is 0.888. The quantitative estimate of drug-likeness (QED) is 0.181. The van der Waals surface area contributed by atoms with Crippen LogP contribution in [0.3, 0.4) is 0 Å². The lowest BCUT2D eigenvalue weighted by atomic mass is 9.88. The van der Waals surface area contributed by atoms with Crippen molar-refractivity contribution in [2.45, 2.75) is 0 Å². The summed E-state index contributed by atoms with van der Waals surface area (Å²) in [6.45, 7) is 0. The second-order valence-corrected chi connectivity index (χ2v) is 14.0. The number of hydrogen-bond acceptors (Lipinski definition) is 1. The molecule has 1 aromatic heterocycles. The summed E-state index contributed by atoms with van der Waals surface area (Å²) in [6, 6.07) is 70.5. The van der Waals surface area contributed by atoms with Crippen molar-refractivity contribution in [3.8, 4) is 44.5 Å². The molecule has 0 atom stereocenters. The maximum absolute atomic E-state index is 7.54. The standard InChI is InChI=1S/C52H32O/c1-3-15-35(16-4-1)47-31-45(39-27-25-33-13-7-9-19-37(33)29-39)43-23-11-21-41-42-22-12-24-44-46(40-28-26-34-14-8-10-20-38(34)30-40)32-48(36-17-5-2-6-18-36)52(50(42)44)53-51(47)49(41)43/h1-32H. The topological polar surface area (TPSA) is 13.1 Å². The van der Waals surface area contributed by atoms with Gasteiger partial charge in [-0.05, 0) is 101 Å². The van der Waals surface area contributed by atoms with Gasteiger partial charge >= 0.3 is 0 Å². The van der Waals surface area contributed by atoms with E-state index < -0.39 is 0 Å². The van der Waals surface area contributed by atoms with Crippen molar-refractivity contribution in [1.29, 1.82) is 0 Å². The zero-order chi connectivity index (χ0) is 34.9. The van der Waals surface area contributed by atoms with Crippen LogP contribution in [0.4, 0.5) is 0 Å². The Bertz CT molecular complexity index is 2990. The zero-order valence-electron chi connectivity index (χ0n) is 28.9. The van der Waals surface area contributed by atoms with Crippen LogP contribution in [-0.2, 0) is 0 Å². The minimum Gasteiger partial charge on any atom is -0.455 e. The monoisotopic (exact) mass is 672 g/mol. The van der Waals surface area contributed by atoms with E-state index in [2.05, 4.69) is 194 Å². The van der Waals surface area contributed by atoms with Gasteiger partial charge in [0.15, 0.2) is 0 Å². The van der Waals surface area contributed by atoms with Gasteiger partial charge in [-0.2, -0.15) is 0 Å². The van der Waals surface area contributed by atoms with Crippen LogP contribution < -0.4 is 0 Å². The molecule has 246 valence electrons. The summed E-state index contributed by atoms with van der Waals surface area (Å²) in [4.78, 5) is 0. The SMILES string of the molecule is c1ccc(-c2cc(-c3ccc4ccccc4c3)c3cccc4c5cccc6c(-c7ccc8ccccc8c7)cc(-c7ccccc7)c(oc2c34)c65)cc1. The first-order valence-corrected chi connectivity index (χ1v) is 18.3. The van der Waals surface area contributed by atoms with Crippen molar-refractivity contribution in [3.63, 3.8) is 0 Å². The highest BCUT2D eigenvalue weighted by molar-refractivity contribution is 6.29. The smallest absolute Gasteiger partial charge is 0.143 e. The molecule has 53 heavy (non-hydrogen) atoms. The Labute approximate surface area is 307 Å². The summed E-state index contributed by atoms with van der Waals surface area (Å²) in [5.41, 5.74) is 10.9. The van der Waals surface area contributed by atoms with Gasteiger partial charge in [-0.3, -0.25) is 0 Å². The third-order valence-corrected chi connectivity index (χ3v) is 11.0. The van der Waals surface area contributed by atoms with Gasteiger partial charge in [0.05, 0.1) is 0 Å². The Hall–Kier alpha value is -6.96. The fourth-order valence-electron chi connectivity index (χ4n) is 8.51. The van der Waals surface area contributed by atoms with E-state index in [-0.39, 0.29) is 0 Å². The number of fused-ring (bicyclic) bond motifs is 3. The molecule has 1 heterocycles. The molecule has 0 amide bonds. The van der Waals surface area contributed by atoms with Gasteiger partial charge in [0.25, 0.3) is 0 Å². The predicted molar refractivity (Wildman–Crippen MR) is 225 cm³/mol. The van der Waals surface area contributed by atoms with E-state index in [1.165, 1.54) is 65.3 Å². The first-order chi connectivity index (χ1) is 26.3. The van der Waals surface area contributed by atoms with Gasteiger partial charge in [-0.25, -0.2) is 0 Å². The van der Waals surface area contributed by atoms with Crippen molar-refractivity contribution < 1.29 is 4.42 Å². The van der Waals surface area contributed by atoms with Crippen molar-refractivity contribution in [3.05, 3.63) is 194 Å². The van der Waals surface area contributed by atoms with E-state index in [9.17, 15) is 0 Å². The van der Waals surface area contributed by atoms with Crippen LogP contribution in [0.25, 0.3) is 110 Å². The normalized spacial score (nSPS) is 11.8. The summed E-state index contributed by atoms with van der Waals surface area (Å²) in [5, 5.41) is 11.9. The van der Waals surface area contributed by atoms with Crippen molar-refractivity contribution in [2.24, 2.45) is 0 Å². The van der Waals surface area contributed by atoms with E-state index in [0.717, 1.165) is 44.2 Å². The Morgan fingerprint density at radius 2 is 0.642 bits per heavy atom. The first-order valence-electron chi connectivity index (χ1n) is 18.3. The fourth-order valence-corrected chi connectivity index (χ4v) is 8.51. The molecule has 11 aromatic rings. The molecule has 10 aromatic carbocycles. The summed E-state index contributed by atoms with van der Waals surface area (Å²) < 4.78 is 7.54. The Morgan fingerprint density at radius 1 is 0.245 bits per heavy atom.